The zero-order chi connectivity index (χ0) is 14.9. The van der Waals surface area contributed by atoms with E-state index in [4.69, 9.17) is 21.5 Å². The lowest BCUT2D eigenvalue weighted by Gasteiger charge is -2.10. The Bertz CT molecular complexity index is 727. The molecule has 0 aliphatic heterocycles. The van der Waals surface area contributed by atoms with Crippen LogP contribution in [0.15, 0.2) is 16.6 Å². The fourth-order valence-corrected chi connectivity index (χ4v) is 2.12. The number of halogens is 1. The van der Waals surface area contributed by atoms with Crippen molar-refractivity contribution in [3.8, 4) is 28.8 Å². The normalized spacial score (nSPS) is 10.1. The number of nitrogen functional groups attached to an aromatic ring is 2. The highest BCUT2D eigenvalue weighted by Crippen LogP contribution is 2.39. The SMILES string of the molecule is COc1cc(-c2nc(N)nc(N)c2C#N)cc(Br)c1O. The van der Waals surface area contributed by atoms with Gasteiger partial charge >= 0.3 is 0 Å². The van der Waals surface area contributed by atoms with Gasteiger partial charge in [0.15, 0.2) is 11.5 Å². The minimum atomic E-state index is -0.0512. The molecule has 1 aromatic heterocycles. The van der Waals surface area contributed by atoms with Crippen LogP contribution >= 0.6 is 15.9 Å². The van der Waals surface area contributed by atoms with Crippen LogP contribution < -0.4 is 16.2 Å². The number of phenolic OH excluding ortho intramolecular Hbond substituents is 1. The van der Waals surface area contributed by atoms with E-state index in [1.165, 1.54) is 13.2 Å². The Morgan fingerprint density at radius 3 is 2.65 bits per heavy atom. The number of anilines is 2. The Labute approximate surface area is 123 Å². The van der Waals surface area contributed by atoms with Gasteiger partial charge in [0.25, 0.3) is 0 Å². The van der Waals surface area contributed by atoms with Gasteiger partial charge in [-0.05, 0) is 28.1 Å². The number of hydrogen-bond donors (Lipinski definition) is 3. The van der Waals surface area contributed by atoms with E-state index in [2.05, 4.69) is 25.9 Å². The fraction of sp³-hybridized carbons (Fsp3) is 0.0833. The Morgan fingerprint density at radius 1 is 1.35 bits per heavy atom. The minimum Gasteiger partial charge on any atom is -0.503 e. The zero-order valence-electron chi connectivity index (χ0n) is 10.4. The summed E-state index contributed by atoms with van der Waals surface area (Å²) in [5.41, 5.74) is 12.1. The molecular formula is C12H10BrN5O2. The van der Waals surface area contributed by atoms with Crippen LogP contribution in [0.2, 0.25) is 0 Å². The van der Waals surface area contributed by atoms with Crippen LogP contribution in [0.1, 0.15) is 5.56 Å². The van der Waals surface area contributed by atoms with Crippen molar-refractivity contribution in [1.82, 2.24) is 9.97 Å². The van der Waals surface area contributed by atoms with Gasteiger partial charge in [-0.25, -0.2) is 4.98 Å². The first-order chi connectivity index (χ1) is 9.47. The number of nitriles is 1. The number of aromatic hydroxyl groups is 1. The molecule has 0 fully saturated rings. The highest BCUT2D eigenvalue weighted by atomic mass is 79.9. The molecule has 0 radical (unpaired) electrons. The number of benzene rings is 1. The summed E-state index contributed by atoms with van der Waals surface area (Å²) >= 11 is 3.20. The molecule has 102 valence electrons. The topological polar surface area (TPSA) is 131 Å². The molecular weight excluding hydrogens is 326 g/mol. The highest BCUT2D eigenvalue weighted by Gasteiger charge is 2.16. The summed E-state index contributed by atoms with van der Waals surface area (Å²) in [6.45, 7) is 0. The molecule has 2 rings (SSSR count). The van der Waals surface area contributed by atoms with Gasteiger partial charge in [0.1, 0.15) is 17.5 Å². The first kappa shape index (κ1) is 13.9. The molecule has 0 aliphatic rings. The van der Waals surface area contributed by atoms with Crippen molar-refractivity contribution in [3.63, 3.8) is 0 Å². The van der Waals surface area contributed by atoms with Gasteiger partial charge in [-0.3, -0.25) is 0 Å². The van der Waals surface area contributed by atoms with Crippen LogP contribution in [0.3, 0.4) is 0 Å². The molecule has 0 bridgehead atoms. The molecule has 0 aliphatic carbocycles. The standard InChI is InChI=1S/C12H10BrN5O2/c1-20-8-3-5(2-7(13)10(8)19)9-6(4-14)11(15)18-12(16)17-9/h2-3,19H,1H3,(H4,15,16,17,18). The van der Waals surface area contributed by atoms with Gasteiger partial charge in [0, 0.05) is 5.56 Å². The minimum absolute atomic E-state index is 0.00170. The third-order valence-electron chi connectivity index (χ3n) is 2.59. The maximum atomic E-state index is 9.79. The summed E-state index contributed by atoms with van der Waals surface area (Å²) in [6, 6.07) is 5.05. The molecule has 1 heterocycles. The van der Waals surface area contributed by atoms with Crippen molar-refractivity contribution in [1.29, 1.82) is 5.26 Å². The first-order valence-corrected chi connectivity index (χ1v) is 6.17. The van der Waals surface area contributed by atoms with E-state index in [-0.39, 0.29) is 34.5 Å². The molecule has 5 N–H and O–H groups in total. The van der Waals surface area contributed by atoms with Crippen LogP contribution in [0.25, 0.3) is 11.3 Å². The second-order valence-corrected chi connectivity index (χ2v) is 4.67. The van der Waals surface area contributed by atoms with Crippen molar-refractivity contribution in [2.24, 2.45) is 0 Å². The smallest absolute Gasteiger partial charge is 0.222 e. The predicted octanol–water partition coefficient (Wildman–Crippen LogP) is 1.66. The van der Waals surface area contributed by atoms with Crippen LogP contribution in [0.5, 0.6) is 11.5 Å². The Morgan fingerprint density at radius 2 is 2.05 bits per heavy atom. The highest BCUT2D eigenvalue weighted by molar-refractivity contribution is 9.10. The number of phenols is 1. The molecule has 8 heteroatoms. The van der Waals surface area contributed by atoms with E-state index in [0.717, 1.165) is 0 Å². The lowest BCUT2D eigenvalue weighted by Crippen LogP contribution is -2.05. The number of rotatable bonds is 2. The van der Waals surface area contributed by atoms with Crippen LogP contribution in [-0.2, 0) is 0 Å². The number of nitrogens with two attached hydrogens (primary N) is 2. The fourth-order valence-electron chi connectivity index (χ4n) is 1.68. The van der Waals surface area contributed by atoms with E-state index in [0.29, 0.717) is 10.0 Å². The summed E-state index contributed by atoms with van der Waals surface area (Å²) in [4.78, 5) is 7.77. The summed E-state index contributed by atoms with van der Waals surface area (Å²) in [7, 11) is 1.42. The quantitative estimate of drug-likeness (QED) is 0.760. The van der Waals surface area contributed by atoms with Crippen molar-refractivity contribution >= 4 is 27.7 Å². The number of ether oxygens (including phenoxy) is 1. The Balaban J connectivity index is 2.75. The van der Waals surface area contributed by atoms with Gasteiger partial charge < -0.3 is 21.3 Å². The first-order valence-electron chi connectivity index (χ1n) is 5.38. The van der Waals surface area contributed by atoms with Gasteiger partial charge in [0.2, 0.25) is 5.95 Å². The second kappa shape index (κ2) is 5.22. The van der Waals surface area contributed by atoms with Crippen LogP contribution in [0.4, 0.5) is 11.8 Å². The number of hydrogen-bond acceptors (Lipinski definition) is 7. The predicted molar refractivity (Wildman–Crippen MR) is 76.9 cm³/mol. The molecule has 0 saturated heterocycles. The maximum absolute atomic E-state index is 9.79. The maximum Gasteiger partial charge on any atom is 0.222 e. The largest absolute Gasteiger partial charge is 0.503 e. The molecule has 7 nitrogen and oxygen atoms in total. The summed E-state index contributed by atoms with van der Waals surface area (Å²) in [5, 5.41) is 18.9. The average molecular weight is 336 g/mol. The third kappa shape index (κ3) is 2.31. The molecule has 0 saturated carbocycles. The van der Waals surface area contributed by atoms with Crippen LogP contribution in [-0.4, -0.2) is 22.2 Å². The Kier molecular flexibility index (Phi) is 3.63. The van der Waals surface area contributed by atoms with Crippen molar-refractivity contribution < 1.29 is 9.84 Å². The molecule has 0 amide bonds. The molecule has 2 aromatic rings. The average Bonchev–Trinajstić information content (AvgIpc) is 2.41. The molecule has 20 heavy (non-hydrogen) atoms. The number of nitrogens with zero attached hydrogens (tertiary/aromatic N) is 3. The van der Waals surface area contributed by atoms with E-state index < -0.39 is 0 Å². The molecule has 0 atom stereocenters. The monoisotopic (exact) mass is 335 g/mol. The van der Waals surface area contributed by atoms with Gasteiger partial charge in [-0.15, -0.1) is 0 Å². The molecule has 0 unspecified atom stereocenters. The van der Waals surface area contributed by atoms with Gasteiger partial charge in [0.05, 0.1) is 17.3 Å². The second-order valence-electron chi connectivity index (χ2n) is 3.81. The van der Waals surface area contributed by atoms with E-state index in [1.54, 1.807) is 6.07 Å². The van der Waals surface area contributed by atoms with Crippen molar-refractivity contribution in [2.75, 3.05) is 18.6 Å². The van der Waals surface area contributed by atoms with E-state index in [9.17, 15) is 5.11 Å². The molecule has 1 aromatic carbocycles. The summed E-state index contributed by atoms with van der Waals surface area (Å²) in [5.74, 6) is 0.136. The van der Waals surface area contributed by atoms with Crippen molar-refractivity contribution in [2.45, 2.75) is 0 Å². The number of aromatic nitrogens is 2. The third-order valence-corrected chi connectivity index (χ3v) is 3.19. The van der Waals surface area contributed by atoms with E-state index >= 15 is 0 Å². The summed E-state index contributed by atoms with van der Waals surface area (Å²) in [6.07, 6.45) is 0. The van der Waals surface area contributed by atoms with Gasteiger partial charge in [-0.1, -0.05) is 0 Å². The number of methoxy groups -OCH3 is 1. The van der Waals surface area contributed by atoms with E-state index in [1.807, 2.05) is 6.07 Å². The summed E-state index contributed by atoms with van der Waals surface area (Å²) < 4.78 is 5.45. The lowest BCUT2D eigenvalue weighted by atomic mass is 10.1. The van der Waals surface area contributed by atoms with Crippen molar-refractivity contribution in [3.05, 3.63) is 22.2 Å². The Hall–Kier alpha value is -2.53. The molecule has 0 spiro atoms. The van der Waals surface area contributed by atoms with Gasteiger partial charge in [-0.2, -0.15) is 10.2 Å². The zero-order valence-corrected chi connectivity index (χ0v) is 12.0. The lowest BCUT2D eigenvalue weighted by molar-refractivity contribution is 0.372. The van der Waals surface area contributed by atoms with Crippen LogP contribution in [0, 0.1) is 11.3 Å².